The van der Waals surface area contributed by atoms with Gasteiger partial charge in [-0.2, -0.15) is 0 Å². The smallest absolute Gasteiger partial charge is 0.0629 e. The second-order valence-electron chi connectivity index (χ2n) is 3.54. The molecule has 86 valence electrons. The van der Waals surface area contributed by atoms with Gasteiger partial charge in [0.15, 0.2) is 0 Å². The van der Waals surface area contributed by atoms with E-state index in [-0.39, 0.29) is 36.9 Å². The van der Waals surface area contributed by atoms with E-state index >= 15 is 0 Å². The molecule has 0 amide bonds. The molecule has 1 aromatic carbocycles. The average molecular weight is 250 g/mol. The van der Waals surface area contributed by atoms with E-state index < -0.39 is 0 Å². The molecule has 1 aliphatic rings. The third kappa shape index (κ3) is 3.06. The van der Waals surface area contributed by atoms with Crippen LogP contribution in [0, 0.1) is 0 Å². The molecular weight excluding hydrogens is 233 g/mol. The van der Waals surface area contributed by atoms with Crippen LogP contribution in [-0.2, 0) is 0 Å². The molecule has 1 saturated heterocycles. The second-order valence-corrected chi connectivity index (χ2v) is 3.54. The lowest BCUT2D eigenvalue weighted by molar-refractivity contribution is 0.550. The molecule has 0 bridgehead atoms. The number of halogens is 2. The maximum Gasteiger partial charge on any atom is 0.0629 e. The fraction of sp³-hybridized carbons (Fsp3) is 0.400. The van der Waals surface area contributed by atoms with Gasteiger partial charge in [-0.25, -0.2) is 5.43 Å². The van der Waals surface area contributed by atoms with Crippen LogP contribution in [0.4, 0.5) is 0 Å². The first-order chi connectivity index (χ1) is 6.29. The van der Waals surface area contributed by atoms with Gasteiger partial charge in [-0.05, 0) is 12.5 Å². The highest BCUT2D eigenvalue weighted by Crippen LogP contribution is 2.20. The van der Waals surface area contributed by atoms with E-state index in [1.807, 2.05) is 18.2 Å². The standard InChI is InChI=1S/C10H15N3.2ClH/c1-7-9(11)10(13-12-7)8-5-3-2-4-6-8;;/h2-7,9-10,12-13H,11H2,1H3;2*1H. The summed E-state index contributed by atoms with van der Waals surface area (Å²) >= 11 is 0. The summed E-state index contributed by atoms with van der Waals surface area (Å²) in [4.78, 5) is 0. The van der Waals surface area contributed by atoms with Gasteiger partial charge in [0.1, 0.15) is 0 Å². The predicted molar refractivity (Wildman–Crippen MR) is 67.4 cm³/mol. The topological polar surface area (TPSA) is 50.1 Å². The third-order valence-corrected chi connectivity index (χ3v) is 2.59. The van der Waals surface area contributed by atoms with Crippen molar-refractivity contribution in [3.63, 3.8) is 0 Å². The number of rotatable bonds is 1. The monoisotopic (exact) mass is 249 g/mol. The summed E-state index contributed by atoms with van der Waals surface area (Å²) in [7, 11) is 0. The highest BCUT2D eigenvalue weighted by molar-refractivity contribution is 5.85. The Hall–Kier alpha value is -0.320. The Morgan fingerprint density at radius 3 is 2.13 bits per heavy atom. The molecular formula is C10H17Cl2N3. The van der Waals surface area contributed by atoms with Gasteiger partial charge in [0.05, 0.1) is 6.04 Å². The lowest BCUT2D eigenvalue weighted by Gasteiger charge is -2.16. The molecule has 0 aromatic heterocycles. The van der Waals surface area contributed by atoms with Crippen molar-refractivity contribution in [3.05, 3.63) is 35.9 Å². The fourth-order valence-corrected chi connectivity index (χ4v) is 1.67. The Morgan fingerprint density at radius 2 is 1.67 bits per heavy atom. The summed E-state index contributed by atoms with van der Waals surface area (Å²) in [5, 5.41) is 0. The summed E-state index contributed by atoms with van der Waals surface area (Å²) < 4.78 is 0. The Bertz CT molecular complexity index is 281. The number of nitrogens with one attached hydrogen (secondary N) is 2. The molecule has 15 heavy (non-hydrogen) atoms. The Balaban J connectivity index is 0.000000980. The quantitative estimate of drug-likeness (QED) is 0.706. The van der Waals surface area contributed by atoms with Gasteiger partial charge in [0.2, 0.25) is 0 Å². The van der Waals surface area contributed by atoms with Crippen molar-refractivity contribution in [1.82, 2.24) is 10.9 Å². The summed E-state index contributed by atoms with van der Waals surface area (Å²) in [5.74, 6) is 0. The van der Waals surface area contributed by atoms with Crippen LogP contribution in [0.15, 0.2) is 30.3 Å². The summed E-state index contributed by atoms with van der Waals surface area (Å²) in [6.07, 6.45) is 0. The van der Waals surface area contributed by atoms with Crippen molar-refractivity contribution in [2.24, 2.45) is 5.73 Å². The van der Waals surface area contributed by atoms with E-state index in [1.54, 1.807) is 0 Å². The van der Waals surface area contributed by atoms with Crippen molar-refractivity contribution < 1.29 is 0 Å². The van der Waals surface area contributed by atoms with Crippen LogP contribution < -0.4 is 16.6 Å². The molecule has 2 rings (SSSR count). The molecule has 0 spiro atoms. The van der Waals surface area contributed by atoms with Crippen LogP contribution in [0.3, 0.4) is 0 Å². The SMILES string of the molecule is CC1NNC(c2ccccc2)C1N.Cl.Cl. The first kappa shape index (κ1) is 14.7. The number of nitrogens with two attached hydrogens (primary N) is 1. The minimum Gasteiger partial charge on any atom is -0.325 e. The summed E-state index contributed by atoms with van der Waals surface area (Å²) in [5.41, 5.74) is 13.6. The van der Waals surface area contributed by atoms with E-state index in [0.29, 0.717) is 6.04 Å². The number of benzene rings is 1. The molecule has 4 N–H and O–H groups in total. The van der Waals surface area contributed by atoms with Crippen molar-refractivity contribution in [2.75, 3.05) is 0 Å². The molecule has 5 heteroatoms. The van der Waals surface area contributed by atoms with E-state index in [4.69, 9.17) is 5.73 Å². The van der Waals surface area contributed by atoms with Crippen molar-refractivity contribution in [1.29, 1.82) is 0 Å². The van der Waals surface area contributed by atoms with E-state index in [2.05, 4.69) is 29.9 Å². The van der Waals surface area contributed by atoms with E-state index in [1.165, 1.54) is 5.56 Å². The maximum atomic E-state index is 6.03. The summed E-state index contributed by atoms with van der Waals surface area (Å²) in [6.45, 7) is 2.08. The first-order valence-corrected chi connectivity index (χ1v) is 4.60. The number of hydrogen-bond donors (Lipinski definition) is 3. The molecule has 1 aromatic rings. The fourth-order valence-electron chi connectivity index (χ4n) is 1.67. The van der Waals surface area contributed by atoms with Gasteiger partial charge in [-0.3, -0.25) is 5.43 Å². The molecule has 1 fully saturated rings. The number of hydrazine groups is 1. The van der Waals surface area contributed by atoms with Crippen LogP contribution in [0.2, 0.25) is 0 Å². The van der Waals surface area contributed by atoms with Gasteiger partial charge < -0.3 is 5.73 Å². The predicted octanol–water partition coefficient (Wildman–Crippen LogP) is 1.39. The zero-order chi connectivity index (χ0) is 9.26. The van der Waals surface area contributed by atoms with Crippen molar-refractivity contribution in [2.45, 2.75) is 25.0 Å². The minimum atomic E-state index is 0. The minimum absolute atomic E-state index is 0. The van der Waals surface area contributed by atoms with Gasteiger partial charge in [-0.1, -0.05) is 30.3 Å². The summed E-state index contributed by atoms with van der Waals surface area (Å²) in [6, 6.07) is 11.0. The van der Waals surface area contributed by atoms with Crippen LogP contribution in [-0.4, -0.2) is 12.1 Å². The normalized spacial score (nSPS) is 29.1. The Morgan fingerprint density at radius 1 is 1.07 bits per heavy atom. The molecule has 1 aliphatic heterocycles. The lowest BCUT2D eigenvalue weighted by Crippen LogP contribution is -2.35. The second kappa shape index (κ2) is 6.30. The van der Waals surface area contributed by atoms with Gasteiger partial charge in [-0.15, -0.1) is 24.8 Å². The Kier molecular flexibility index (Phi) is 6.17. The van der Waals surface area contributed by atoms with Crippen LogP contribution in [0.25, 0.3) is 0 Å². The zero-order valence-corrected chi connectivity index (χ0v) is 10.1. The molecule has 0 saturated carbocycles. The molecule has 0 radical (unpaired) electrons. The lowest BCUT2D eigenvalue weighted by atomic mass is 9.98. The van der Waals surface area contributed by atoms with E-state index in [9.17, 15) is 0 Å². The molecule has 3 nitrogen and oxygen atoms in total. The van der Waals surface area contributed by atoms with Crippen molar-refractivity contribution in [3.8, 4) is 0 Å². The third-order valence-electron chi connectivity index (χ3n) is 2.59. The highest BCUT2D eigenvalue weighted by atomic mass is 35.5. The van der Waals surface area contributed by atoms with Gasteiger partial charge in [0, 0.05) is 12.1 Å². The van der Waals surface area contributed by atoms with Crippen molar-refractivity contribution >= 4 is 24.8 Å². The van der Waals surface area contributed by atoms with Gasteiger partial charge in [0.25, 0.3) is 0 Å². The molecule has 0 aliphatic carbocycles. The first-order valence-electron chi connectivity index (χ1n) is 4.60. The molecule has 3 unspecified atom stereocenters. The zero-order valence-electron chi connectivity index (χ0n) is 8.51. The average Bonchev–Trinajstić information content (AvgIpc) is 2.49. The maximum absolute atomic E-state index is 6.03. The molecule has 1 heterocycles. The highest BCUT2D eigenvalue weighted by Gasteiger charge is 2.30. The van der Waals surface area contributed by atoms with Gasteiger partial charge >= 0.3 is 0 Å². The Labute approximate surface area is 103 Å². The van der Waals surface area contributed by atoms with Crippen LogP contribution in [0.1, 0.15) is 18.5 Å². The largest absolute Gasteiger partial charge is 0.325 e. The number of hydrogen-bond acceptors (Lipinski definition) is 3. The molecule has 3 atom stereocenters. The van der Waals surface area contributed by atoms with Crippen LogP contribution in [0.5, 0.6) is 0 Å². The van der Waals surface area contributed by atoms with Crippen LogP contribution >= 0.6 is 24.8 Å². The van der Waals surface area contributed by atoms with E-state index in [0.717, 1.165) is 0 Å².